The van der Waals surface area contributed by atoms with Gasteiger partial charge >= 0.3 is 0 Å². The van der Waals surface area contributed by atoms with Gasteiger partial charge < -0.3 is 0 Å². The minimum atomic E-state index is 0.858. The maximum atomic E-state index is 5.23. The third kappa shape index (κ3) is 5.40. The van der Waals surface area contributed by atoms with E-state index in [2.05, 4.69) is 157 Å². The van der Waals surface area contributed by atoms with Gasteiger partial charge in [-0.1, -0.05) is 42.5 Å². The van der Waals surface area contributed by atoms with Crippen molar-refractivity contribution in [3.8, 4) is 63.2 Å². The highest BCUT2D eigenvalue weighted by molar-refractivity contribution is 7.31. The summed E-state index contributed by atoms with van der Waals surface area (Å²) in [6.45, 7) is 0. The molecule has 0 atom stereocenters. The molecule has 0 aliphatic rings. The number of aromatic nitrogens is 4. The van der Waals surface area contributed by atoms with Gasteiger partial charge in [0.1, 0.15) is 15.7 Å². The van der Waals surface area contributed by atoms with Gasteiger partial charge in [-0.3, -0.25) is 19.1 Å². The highest BCUT2D eigenvalue weighted by Gasteiger charge is 2.22. The van der Waals surface area contributed by atoms with Crippen molar-refractivity contribution in [3.05, 3.63) is 154 Å². The molecule has 11 aromatic heterocycles. The van der Waals surface area contributed by atoms with Gasteiger partial charge in [0.2, 0.25) is 0 Å². The third-order valence-corrected chi connectivity index (χ3v) is 17.9. The SMILES string of the molecule is c1csc(-c2sccc2-c2csc(-n3c4ccccc4c4ccnc(-c5cc6c7ccccc7n(-c7cc(-c8cc9sc(-c%10ccsc%10)cc9s8)cs7)c6cn5)c43)c2)c1. The number of benzene rings is 2. The lowest BCUT2D eigenvalue weighted by atomic mass is 10.1. The zero-order chi connectivity index (χ0) is 38.6. The van der Waals surface area contributed by atoms with Crippen LogP contribution < -0.4 is 0 Å². The first-order valence-corrected chi connectivity index (χ1v) is 25.0. The van der Waals surface area contributed by atoms with Crippen LogP contribution in [0.3, 0.4) is 0 Å². The van der Waals surface area contributed by atoms with Gasteiger partial charge in [0, 0.05) is 79.2 Å². The fourth-order valence-corrected chi connectivity index (χ4v) is 15.2. The van der Waals surface area contributed by atoms with Gasteiger partial charge in [0.15, 0.2) is 0 Å². The van der Waals surface area contributed by atoms with E-state index in [1.807, 2.05) is 28.9 Å². The first kappa shape index (κ1) is 34.4. The first-order chi connectivity index (χ1) is 29.2. The predicted octanol–water partition coefficient (Wildman–Crippen LogP) is 16.6. The zero-order valence-electron chi connectivity index (χ0n) is 30.7. The number of hydrogen-bond donors (Lipinski definition) is 0. The Morgan fingerprint density at radius 2 is 1.22 bits per heavy atom. The van der Waals surface area contributed by atoms with E-state index in [1.165, 1.54) is 77.8 Å². The summed E-state index contributed by atoms with van der Waals surface area (Å²) in [6.07, 6.45) is 3.99. The number of nitrogens with zero attached hydrogens (tertiary/aromatic N) is 4. The normalized spacial score (nSPS) is 12.1. The van der Waals surface area contributed by atoms with E-state index in [0.29, 0.717) is 0 Å². The fraction of sp³-hybridized carbons (Fsp3) is 0. The molecule has 0 amide bonds. The Bertz CT molecular complexity index is 3660. The summed E-state index contributed by atoms with van der Waals surface area (Å²) >= 11 is 12.7. The van der Waals surface area contributed by atoms with Crippen molar-refractivity contribution in [1.29, 1.82) is 0 Å². The monoisotopic (exact) mass is 882 g/mol. The summed E-state index contributed by atoms with van der Waals surface area (Å²) in [4.78, 5) is 15.6. The molecule has 11 heterocycles. The lowest BCUT2D eigenvalue weighted by Gasteiger charge is -2.09. The number of para-hydroxylation sites is 2. The molecule has 2 aromatic carbocycles. The molecule has 0 N–H and O–H groups in total. The van der Waals surface area contributed by atoms with E-state index >= 15 is 0 Å². The zero-order valence-corrected chi connectivity index (χ0v) is 36.4. The fourth-order valence-electron chi connectivity index (χ4n) is 8.38. The molecule has 59 heavy (non-hydrogen) atoms. The number of rotatable bonds is 7. The molecule has 0 saturated heterocycles. The average Bonchev–Trinajstić information content (AvgIpc) is 4.10. The molecule has 0 aliphatic carbocycles. The second-order valence-corrected chi connectivity index (χ2v) is 20.9. The minimum Gasteiger partial charge on any atom is -0.299 e. The minimum absolute atomic E-state index is 0.858. The average molecular weight is 883 g/mol. The standard InChI is InChI=1S/C48H26N4S7/c1-4-9-37-31(6-1)33-11-14-49-46(47(33)52(37)45-18-28(25-56-45)30-13-17-55-48(30)39-10-5-15-54-39)35-20-34-32-7-2-3-8-36(32)51(38(34)23-50-35)44-19-29(26-57-44)41-22-43-42(59-41)21-40(58-43)27-12-16-53-24-27/h1-26H. The van der Waals surface area contributed by atoms with Crippen LogP contribution in [0.1, 0.15) is 0 Å². The van der Waals surface area contributed by atoms with Gasteiger partial charge in [-0.25, -0.2) is 0 Å². The number of fused-ring (bicyclic) bond motifs is 7. The number of pyridine rings is 2. The Hall–Kier alpha value is -5.50. The van der Waals surface area contributed by atoms with E-state index < -0.39 is 0 Å². The molecule has 11 heteroatoms. The van der Waals surface area contributed by atoms with Crippen molar-refractivity contribution >= 4 is 132 Å². The summed E-state index contributed by atoms with van der Waals surface area (Å²) in [5, 5.41) is 20.4. The van der Waals surface area contributed by atoms with Crippen LogP contribution in [-0.4, -0.2) is 19.1 Å². The summed E-state index contributed by atoms with van der Waals surface area (Å²) in [5.74, 6) is 0. The topological polar surface area (TPSA) is 35.6 Å². The van der Waals surface area contributed by atoms with E-state index in [0.717, 1.165) is 38.3 Å². The van der Waals surface area contributed by atoms with Gasteiger partial charge in [0.05, 0.1) is 38.8 Å². The van der Waals surface area contributed by atoms with Crippen molar-refractivity contribution in [2.45, 2.75) is 0 Å². The van der Waals surface area contributed by atoms with Crippen LogP contribution >= 0.6 is 79.4 Å². The molecule has 13 aromatic rings. The molecular weight excluding hydrogens is 857 g/mol. The van der Waals surface area contributed by atoms with E-state index in [4.69, 9.17) is 9.97 Å². The summed E-state index contributed by atoms with van der Waals surface area (Å²) in [5.41, 5.74) is 11.3. The molecule has 0 aliphatic heterocycles. The van der Waals surface area contributed by atoms with Crippen LogP contribution in [0.2, 0.25) is 0 Å². The maximum absolute atomic E-state index is 5.23. The second-order valence-electron chi connectivity index (χ2n) is 14.3. The van der Waals surface area contributed by atoms with Crippen LogP contribution in [0, 0.1) is 0 Å². The molecule has 13 rings (SSSR count). The molecule has 0 bridgehead atoms. The van der Waals surface area contributed by atoms with Gasteiger partial charge in [-0.05, 0) is 93.8 Å². The Kier molecular flexibility index (Phi) is 7.87. The predicted molar refractivity (Wildman–Crippen MR) is 261 cm³/mol. The molecular formula is C48H26N4S7. The summed E-state index contributed by atoms with van der Waals surface area (Å²) < 4.78 is 7.48. The van der Waals surface area contributed by atoms with Crippen molar-refractivity contribution in [2.24, 2.45) is 0 Å². The van der Waals surface area contributed by atoms with E-state index in [9.17, 15) is 0 Å². The van der Waals surface area contributed by atoms with Crippen molar-refractivity contribution in [2.75, 3.05) is 0 Å². The van der Waals surface area contributed by atoms with E-state index in [1.54, 1.807) is 56.7 Å². The molecule has 4 nitrogen and oxygen atoms in total. The summed E-state index contributed by atoms with van der Waals surface area (Å²) in [7, 11) is 0. The van der Waals surface area contributed by atoms with Gasteiger partial charge in [-0.2, -0.15) is 11.3 Å². The summed E-state index contributed by atoms with van der Waals surface area (Å²) in [6, 6.07) is 40.0. The number of hydrogen-bond acceptors (Lipinski definition) is 9. The molecule has 280 valence electrons. The van der Waals surface area contributed by atoms with Crippen molar-refractivity contribution in [3.63, 3.8) is 0 Å². The van der Waals surface area contributed by atoms with E-state index in [-0.39, 0.29) is 0 Å². The molecule has 0 radical (unpaired) electrons. The Balaban J connectivity index is 0.938. The smallest absolute Gasteiger partial charge is 0.113 e. The van der Waals surface area contributed by atoms with Crippen LogP contribution in [0.25, 0.3) is 116 Å². The Labute approximate surface area is 365 Å². The van der Waals surface area contributed by atoms with Gasteiger partial charge in [-0.15, -0.1) is 68.0 Å². The molecule has 0 saturated carbocycles. The van der Waals surface area contributed by atoms with Crippen LogP contribution in [0.5, 0.6) is 0 Å². The van der Waals surface area contributed by atoms with Crippen molar-refractivity contribution in [1.82, 2.24) is 19.1 Å². The Morgan fingerprint density at radius 1 is 0.475 bits per heavy atom. The third-order valence-electron chi connectivity index (χ3n) is 11.0. The molecule has 0 unspecified atom stereocenters. The van der Waals surface area contributed by atoms with Crippen LogP contribution in [0.15, 0.2) is 154 Å². The highest BCUT2D eigenvalue weighted by Crippen LogP contribution is 2.46. The van der Waals surface area contributed by atoms with Crippen LogP contribution in [0.4, 0.5) is 0 Å². The van der Waals surface area contributed by atoms with Crippen LogP contribution in [-0.2, 0) is 0 Å². The lowest BCUT2D eigenvalue weighted by Crippen LogP contribution is -1.96. The molecule has 0 fully saturated rings. The van der Waals surface area contributed by atoms with Gasteiger partial charge in [0.25, 0.3) is 0 Å². The lowest BCUT2D eigenvalue weighted by molar-refractivity contribution is 1.18. The quantitative estimate of drug-likeness (QED) is 0.160. The largest absolute Gasteiger partial charge is 0.299 e. The maximum Gasteiger partial charge on any atom is 0.113 e. The highest BCUT2D eigenvalue weighted by atomic mass is 32.1. The number of thiophene rings is 7. The Morgan fingerprint density at radius 3 is 2.02 bits per heavy atom. The molecule has 0 spiro atoms. The van der Waals surface area contributed by atoms with Crippen molar-refractivity contribution < 1.29 is 0 Å². The second kappa shape index (κ2) is 13.5. The first-order valence-electron chi connectivity index (χ1n) is 18.9.